The third-order valence-corrected chi connectivity index (χ3v) is 5.27. The highest BCUT2D eigenvalue weighted by Crippen LogP contribution is 2.14. The Morgan fingerprint density at radius 1 is 1.44 bits per heavy atom. The van der Waals surface area contributed by atoms with Crippen LogP contribution in [0.3, 0.4) is 0 Å². The smallest absolute Gasteiger partial charge is 0.307 e. The summed E-state index contributed by atoms with van der Waals surface area (Å²) in [5.74, 6) is -1.31. The Hall–Kier alpha value is -0.660. The van der Waals surface area contributed by atoms with E-state index in [1.807, 2.05) is 0 Å². The number of sulfone groups is 1. The minimum Gasteiger partial charge on any atom is -0.481 e. The van der Waals surface area contributed by atoms with Crippen LogP contribution in [0.25, 0.3) is 0 Å². The monoisotopic (exact) mass is 279 g/mol. The number of hydrogen-bond donors (Lipinski definition) is 2. The predicted molar refractivity (Wildman–Crippen MR) is 67.3 cm³/mol. The molecule has 0 saturated carbocycles. The van der Waals surface area contributed by atoms with Gasteiger partial charge in [0.15, 0.2) is 9.84 Å². The molecule has 0 aliphatic carbocycles. The number of ether oxygens (including phenoxy) is 1. The lowest BCUT2D eigenvalue weighted by Crippen LogP contribution is -2.44. The van der Waals surface area contributed by atoms with Gasteiger partial charge in [0, 0.05) is 13.1 Å². The number of nitrogens with one attached hydrogen (secondary N) is 1. The molecule has 0 aromatic rings. The molecule has 7 heteroatoms. The van der Waals surface area contributed by atoms with E-state index in [-0.39, 0.29) is 18.5 Å². The first-order chi connectivity index (χ1) is 8.33. The van der Waals surface area contributed by atoms with Crippen LogP contribution in [0.2, 0.25) is 0 Å². The summed E-state index contributed by atoms with van der Waals surface area (Å²) in [6.45, 7) is 4.42. The maximum Gasteiger partial charge on any atom is 0.307 e. The van der Waals surface area contributed by atoms with Gasteiger partial charge in [0.1, 0.15) is 0 Å². The topological polar surface area (TPSA) is 92.7 Å². The first-order valence-electron chi connectivity index (χ1n) is 6.09. The lowest BCUT2D eigenvalue weighted by Gasteiger charge is -2.27. The van der Waals surface area contributed by atoms with Gasteiger partial charge < -0.3 is 15.2 Å². The molecule has 1 rings (SSSR count). The second-order valence-electron chi connectivity index (χ2n) is 4.84. The molecule has 1 saturated heterocycles. The number of aliphatic carboxylic acids is 1. The number of carboxylic acids is 1. The van der Waals surface area contributed by atoms with Crippen molar-refractivity contribution in [2.24, 2.45) is 5.92 Å². The van der Waals surface area contributed by atoms with Gasteiger partial charge in [-0.1, -0.05) is 0 Å². The lowest BCUT2D eigenvalue weighted by molar-refractivity contribution is -0.144. The number of hydrogen-bond acceptors (Lipinski definition) is 5. The molecular formula is C11H21NO5S. The number of rotatable bonds is 6. The van der Waals surface area contributed by atoms with Crippen LogP contribution in [-0.2, 0) is 19.4 Å². The Balaban J connectivity index is 2.34. The van der Waals surface area contributed by atoms with Gasteiger partial charge in [0.2, 0.25) is 0 Å². The zero-order valence-corrected chi connectivity index (χ0v) is 11.6. The molecule has 2 N–H and O–H groups in total. The first kappa shape index (κ1) is 15.4. The minimum atomic E-state index is -3.09. The van der Waals surface area contributed by atoms with Crippen LogP contribution < -0.4 is 5.32 Å². The summed E-state index contributed by atoms with van der Waals surface area (Å²) in [5.41, 5.74) is 0. The molecular weight excluding hydrogens is 258 g/mol. The fourth-order valence-corrected chi connectivity index (χ4v) is 2.58. The highest BCUT2D eigenvalue weighted by atomic mass is 32.2. The number of carboxylic acid groups (broad SMARTS) is 1. The van der Waals surface area contributed by atoms with Gasteiger partial charge in [0.05, 0.1) is 29.6 Å². The molecule has 0 aromatic heterocycles. The van der Waals surface area contributed by atoms with Crippen LogP contribution in [0, 0.1) is 5.92 Å². The SMILES string of the molecule is CC(C)S(=O)(=O)CCOC1CNCC(C(=O)O)C1. The zero-order chi connectivity index (χ0) is 13.8. The Morgan fingerprint density at radius 2 is 2.11 bits per heavy atom. The summed E-state index contributed by atoms with van der Waals surface area (Å²) >= 11 is 0. The van der Waals surface area contributed by atoms with E-state index in [9.17, 15) is 13.2 Å². The van der Waals surface area contributed by atoms with E-state index in [4.69, 9.17) is 9.84 Å². The van der Waals surface area contributed by atoms with Gasteiger partial charge in [-0.15, -0.1) is 0 Å². The standard InChI is InChI=1S/C11H21NO5S/c1-8(2)18(15,16)4-3-17-10-5-9(11(13)14)6-12-7-10/h8-10,12H,3-7H2,1-2H3,(H,13,14). The maximum atomic E-state index is 11.6. The fourth-order valence-electron chi connectivity index (χ4n) is 1.78. The normalized spacial score (nSPS) is 25.3. The molecule has 1 heterocycles. The summed E-state index contributed by atoms with van der Waals surface area (Å²) in [4.78, 5) is 10.8. The quantitative estimate of drug-likeness (QED) is 0.704. The van der Waals surface area contributed by atoms with E-state index >= 15 is 0 Å². The summed E-state index contributed by atoms with van der Waals surface area (Å²) in [6.07, 6.45) is 0.214. The van der Waals surface area contributed by atoms with Crippen LogP contribution in [0.5, 0.6) is 0 Å². The van der Waals surface area contributed by atoms with Crippen molar-refractivity contribution in [2.45, 2.75) is 31.6 Å². The molecule has 0 amide bonds. The van der Waals surface area contributed by atoms with Crippen molar-refractivity contribution in [3.63, 3.8) is 0 Å². The Labute approximate surface area is 108 Å². The zero-order valence-electron chi connectivity index (χ0n) is 10.8. The number of piperidine rings is 1. The number of carbonyl (C=O) groups is 1. The van der Waals surface area contributed by atoms with E-state index in [2.05, 4.69) is 5.32 Å². The van der Waals surface area contributed by atoms with Crippen molar-refractivity contribution >= 4 is 15.8 Å². The largest absolute Gasteiger partial charge is 0.481 e. The van der Waals surface area contributed by atoms with Crippen LogP contribution in [0.15, 0.2) is 0 Å². The van der Waals surface area contributed by atoms with Gasteiger partial charge in [0.25, 0.3) is 0 Å². The van der Waals surface area contributed by atoms with Crippen molar-refractivity contribution in [3.8, 4) is 0 Å². The molecule has 1 aliphatic heterocycles. The van der Waals surface area contributed by atoms with Crippen molar-refractivity contribution in [2.75, 3.05) is 25.4 Å². The molecule has 0 spiro atoms. The van der Waals surface area contributed by atoms with E-state index in [0.717, 1.165) is 0 Å². The van der Waals surface area contributed by atoms with Crippen LogP contribution >= 0.6 is 0 Å². The Morgan fingerprint density at radius 3 is 2.67 bits per heavy atom. The molecule has 6 nitrogen and oxygen atoms in total. The molecule has 1 aliphatic rings. The van der Waals surface area contributed by atoms with E-state index < -0.39 is 27.0 Å². The molecule has 2 unspecified atom stereocenters. The van der Waals surface area contributed by atoms with Crippen LogP contribution in [0.1, 0.15) is 20.3 Å². The summed E-state index contributed by atoms with van der Waals surface area (Å²) in [5, 5.41) is 11.5. The molecule has 0 radical (unpaired) electrons. The maximum absolute atomic E-state index is 11.6. The fraction of sp³-hybridized carbons (Fsp3) is 0.909. The van der Waals surface area contributed by atoms with Gasteiger partial charge in [-0.3, -0.25) is 4.79 Å². The first-order valence-corrected chi connectivity index (χ1v) is 7.81. The van der Waals surface area contributed by atoms with Gasteiger partial charge in [-0.25, -0.2) is 8.42 Å². The Bertz CT molecular complexity index is 379. The summed E-state index contributed by atoms with van der Waals surface area (Å²) in [7, 11) is -3.09. The van der Waals surface area contributed by atoms with Gasteiger partial charge >= 0.3 is 5.97 Å². The molecule has 106 valence electrons. The summed E-state index contributed by atoms with van der Waals surface area (Å²) < 4.78 is 28.6. The van der Waals surface area contributed by atoms with Crippen LogP contribution in [-0.4, -0.2) is 56.3 Å². The summed E-state index contributed by atoms with van der Waals surface area (Å²) in [6, 6.07) is 0. The minimum absolute atomic E-state index is 0.0150. The van der Waals surface area contributed by atoms with E-state index in [0.29, 0.717) is 19.5 Å². The second-order valence-corrected chi connectivity index (χ2v) is 7.51. The third kappa shape index (κ3) is 4.55. The van der Waals surface area contributed by atoms with E-state index in [1.165, 1.54) is 0 Å². The highest BCUT2D eigenvalue weighted by molar-refractivity contribution is 7.91. The molecule has 0 aromatic carbocycles. The lowest BCUT2D eigenvalue weighted by atomic mass is 9.98. The van der Waals surface area contributed by atoms with Crippen molar-refractivity contribution in [1.82, 2.24) is 5.32 Å². The van der Waals surface area contributed by atoms with Crippen molar-refractivity contribution in [1.29, 1.82) is 0 Å². The average Bonchev–Trinajstić information content (AvgIpc) is 2.29. The van der Waals surface area contributed by atoms with Crippen LogP contribution in [0.4, 0.5) is 0 Å². The molecule has 1 fully saturated rings. The highest BCUT2D eigenvalue weighted by Gasteiger charge is 2.27. The van der Waals surface area contributed by atoms with Gasteiger partial charge in [-0.2, -0.15) is 0 Å². The molecule has 0 bridgehead atoms. The third-order valence-electron chi connectivity index (χ3n) is 3.10. The van der Waals surface area contributed by atoms with Crippen molar-refractivity contribution in [3.05, 3.63) is 0 Å². The average molecular weight is 279 g/mol. The van der Waals surface area contributed by atoms with E-state index in [1.54, 1.807) is 13.8 Å². The molecule has 2 atom stereocenters. The second kappa shape index (κ2) is 6.49. The molecule has 18 heavy (non-hydrogen) atoms. The van der Waals surface area contributed by atoms with Crippen molar-refractivity contribution < 1.29 is 23.1 Å². The van der Waals surface area contributed by atoms with Gasteiger partial charge in [-0.05, 0) is 20.3 Å². The Kier molecular flexibility index (Phi) is 5.55. The predicted octanol–water partition coefficient (Wildman–Crippen LogP) is -0.111.